The summed E-state index contributed by atoms with van der Waals surface area (Å²) in [7, 11) is 0. The first-order valence-corrected chi connectivity index (χ1v) is 8.15. The van der Waals surface area contributed by atoms with Crippen LogP contribution >= 0.6 is 34.5 Å². The minimum Gasteiger partial charge on any atom is -0.337 e. The summed E-state index contributed by atoms with van der Waals surface area (Å²) in [6, 6.07) is 5.07. The van der Waals surface area contributed by atoms with Gasteiger partial charge < -0.3 is 5.32 Å². The smallest absolute Gasteiger partial charge is 0.321 e. The number of hydrogen-bond donors (Lipinski definition) is 2. The lowest BCUT2D eigenvalue weighted by Crippen LogP contribution is -2.30. The maximum Gasteiger partial charge on any atom is 0.321 e. The summed E-state index contributed by atoms with van der Waals surface area (Å²) >= 11 is 13.3. The van der Waals surface area contributed by atoms with Gasteiger partial charge >= 0.3 is 6.03 Å². The molecule has 2 rings (SSSR count). The molecule has 1 aromatic carbocycles. The van der Waals surface area contributed by atoms with Gasteiger partial charge in [0.2, 0.25) is 0 Å². The number of rotatable bonds is 5. The van der Waals surface area contributed by atoms with Crippen molar-refractivity contribution >= 4 is 45.7 Å². The molecule has 0 spiro atoms. The average molecular weight is 344 g/mol. The van der Waals surface area contributed by atoms with Gasteiger partial charge in [-0.05, 0) is 30.5 Å². The van der Waals surface area contributed by atoms with Crippen molar-refractivity contribution in [2.45, 2.75) is 19.8 Å². The Morgan fingerprint density at radius 3 is 2.86 bits per heavy atom. The molecule has 2 N–H and O–H groups in total. The SMILES string of the molecule is CCc1csc(NC(=O)NCCc2ccc(Cl)cc2Cl)n1. The number of carbonyl (C=O) groups is 1. The van der Waals surface area contributed by atoms with Crippen LogP contribution in [0.15, 0.2) is 23.6 Å². The van der Waals surface area contributed by atoms with Crippen LogP contribution in [0.25, 0.3) is 0 Å². The molecule has 0 aliphatic carbocycles. The molecule has 0 unspecified atom stereocenters. The predicted molar refractivity (Wildman–Crippen MR) is 88.7 cm³/mol. The van der Waals surface area contributed by atoms with Gasteiger partial charge in [0.15, 0.2) is 5.13 Å². The lowest BCUT2D eigenvalue weighted by molar-refractivity contribution is 0.252. The number of benzene rings is 1. The van der Waals surface area contributed by atoms with Crippen molar-refractivity contribution in [3.05, 3.63) is 44.9 Å². The molecule has 2 amide bonds. The molecule has 0 fully saturated rings. The van der Waals surface area contributed by atoms with Crippen LogP contribution in [-0.2, 0) is 12.8 Å². The molecule has 2 aromatic rings. The second-order valence-electron chi connectivity index (χ2n) is 4.36. The molecule has 0 radical (unpaired) electrons. The number of thiazole rings is 1. The number of halogens is 2. The fraction of sp³-hybridized carbons (Fsp3) is 0.286. The lowest BCUT2D eigenvalue weighted by Gasteiger charge is -2.07. The summed E-state index contributed by atoms with van der Waals surface area (Å²) in [6.45, 7) is 2.51. The van der Waals surface area contributed by atoms with Crippen molar-refractivity contribution < 1.29 is 4.79 Å². The molecule has 112 valence electrons. The number of aryl methyl sites for hydroxylation is 1. The Labute approximate surface area is 137 Å². The Balaban J connectivity index is 1.78. The number of urea groups is 1. The van der Waals surface area contributed by atoms with Crippen LogP contribution in [-0.4, -0.2) is 17.6 Å². The van der Waals surface area contributed by atoms with E-state index in [-0.39, 0.29) is 6.03 Å². The predicted octanol–water partition coefficient (Wildman–Crippen LogP) is 4.38. The molecule has 0 saturated heterocycles. The molecule has 1 heterocycles. The van der Waals surface area contributed by atoms with Crippen LogP contribution in [0.1, 0.15) is 18.2 Å². The van der Waals surface area contributed by atoms with Gasteiger partial charge in [0, 0.05) is 22.0 Å². The van der Waals surface area contributed by atoms with Crippen LogP contribution < -0.4 is 10.6 Å². The van der Waals surface area contributed by atoms with E-state index in [9.17, 15) is 4.79 Å². The third kappa shape index (κ3) is 4.88. The number of amides is 2. The molecule has 4 nitrogen and oxygen atoms in total. The molecule has 21 heavy (non-hydrogen) atoms. The first-order chi connectivity index (χ1) is 10.1. The van der Waals surface area contributed by atoms with Crippen molar-refractivity contribution in [2.75, 3.05) is 11.9 Å². The second-order valence-corrected chi connectivity index (χ2v) is 6.07. The Kier molecular flexibility index (Phi) is 5.85. The van der Waals surface area contributed by atoms with Crippen molar-refractivity contribution in [1.29, 1.82) is 0 Å². The maximum absolute atomic E-state index is 11.7. The van der Waals surface area contributed by atoms with E-state index in [1.165, 1.54) is 11.3 Å². The van der Waals surface area contributed by atoms with E-state index in [0.717, 1.165) is 17.7 Å². The van der Waals surface area contributed by atoms with Gasteiger partial charge in [-0.25, -0.2) is 9.78 Å². The van der Waals surface area contributed by atoms with Gasteiger partial charge in [0.05, 0.1) is 5.69 Å². The highest BCUT2D eigenvalue weighted by Gasteiger charge is 2.06. The van der Waals surface area contributed by atoms with Gasteiger partial charge in [-0.15, -0.1) is 11.3 Å². The molecule has 0 bridgehead atoms. The zero-order valence-electron chi connectivity index (χ0n) is 11.5. The van der Waals surface area contributed by atoms with E-state index < -0.39 is 0 Å². The quantitative estimate of drug-likeness (QED) is 0.846. The third-order valence-corrected chi connectivity index (χ3v) is 4.22. The van der Waals surface area contributed by atoms with E-state index >= 15 is 0 Å². The number of nitrogens with zero attached hydrogens (tertiary/aromatic N) is 1. The first kappa shape index (κ1) is 16.1. The standard InChI is InChI=1S/C14H15Cl2N3OS/c1-2-11-8-21-14(18-11)19-13(20)17-6-5-9-3-4-10(15)7-12(9)16/h3-4,7-8H,2,5-6H2,1H3,(H2,17,18,19,20). The van der Waals surface area contributed by atoms with Crippen molar-refractivity contribution in [1.82, 2.24) is 10.3 Å². The zero-order valence-corrected chi connectivity index (χ0v) is 13.8. The number of aromatic nitrogens is 1. The number of anilines is 1. The van der Waals surface area contributed by atoms with Gasteiger partial charge in [-0.1, -0.05) is 36.2 Å². The van der Waals surface area contributed by atoms with Gasteiger partial charge in [0.1, 0.15) is 0 Å². The van der Waals surface area contributed by atoms with Gasteiger partial charge in [0.25, 0.3) is 0 Å². The van der Waals surface area contributed by atoms with Crippen molar-refractivity contribution in [3.63, 3.8) is 0 Å². The molecule has 7 heteroatoms. The van der Waals surface area contributed by atoms with Crippen LogP contribution in [0, 0.1) is 0 Å². The van der Waals surface area contributed by atoms with Crippen LogP contribution in [0.2, 0.25) is 10.0 Å². The van der Waals surface area contributed by atoms with E-state index in [1.807, 2.05) is 18.4 Å². The largest absolute Gasteiger partial charge is 0.337 e. The van der Waals surface area contributed by atoms with E-state index in [2.05, 4.69) is 15.6 Å². The van der Waals surface area contributed by atoms with E-state index in [4.69, 9.17) is 23.2 Å². The lowest BCUT2D eigenvalue weighted by atomic mass is 10.1. The fourth-order valence-electron chi connectivity index (χ4n) is 1.70. The van der Waals surface area contributed by atoms with Crippen LogP contribution in [0.5, 0.6) is 0 Å². The zero-order chi connectivity index (χ0) is 15.2. The monoisotopic (exact) mass is 343 g/mol. The Morgan fingerprint density at radius 2 is 2.19 bits per heavy atom. The first-order valence-electron chi connectivity index (χ1n) is 6.51. The van der Waals surface area contributed by atoms with E-state index in [0.29, 0.717) is 28.1 Å². The highest BCUT2D eigenvalue weighted by molar-refractivity contribution is 7.13. The van der Waals surface area contributed by atoms with E-state index in [1.54, 1.807) is 12.1 Å². The number of hydrogen-bond acceptors (Lipinski definition) is 3. The molecule has 0 saturated carbocycles. The Bertz CT molecular complexity index is 630. The molecular formula is C14H15Cl2N3OS. The fourth-order valence-corrected chi connectivity index (χ4v) is 2.99. The molecule has 0 aliphatic rings. The number of carbonyl (C=O) groups excluding carboxylic acids is 1. The summed E-state index contributed by atoms with van der Waals surface area (Å²) in [6.07, 6.45) is 1.50. The molecular weight excluding hydrogens is 329 g/mol. The maximum atomic E-state index is 11.7. The third-order valence-electron chi connectivity index (χ3n) is 2.83. The summed E-state index contributed by atoms with van der Waals surface area (Å²) in [5.41, 5.74) is 1.92. The Morgan fingerprint density at radius 1 is 1.38 bits per heavy atom. The Hall–Kier alpha value is -1.30. The minimum atomic E-state index is -0.267. The number of nitrogens with one attached hydrogen (secondary N) is 2. The summed E-state index contributed by atoms with van der Waals surface area (Å²) < 4.78 is 0. The summed E-state index contributed by atoms with van der Waals surface area (Å²) in [4.78, 5) is 16.0. The molecule has 0 atom stereocenters. The van der Waals surface area contributed by atoms with Crippen LogP contribution in [0.4, 0.5) is 9.93 Å². The van der Waals surface area contributed by atoms with Crippen molar-refractivity contribution in [2.24, 2.45) is 0 Å². The average Bonchev–Trinajstić information content (AvgIpc) is 2.89. The van der Waals surface area contributed by atoms with Crippen LogP contribution in [0.3, 0.4) is 0 Å². The highest BCUT2D eigenvalue weighted by Crippen LogP contribution is 2.21. The minimum absolute atomic E-state index is 0.267. The molecule has 1 aromatic heterocycles. The van der Waals surface area contributed by atoms with Crippen molar-refractivity contribution in [3.8, 4) is 0 Å². The normalized spacial score (nSPS) is 10.4. The topological polar surface area (TPSA) is 54.0 Å². The summed E-state index contributed by atoms with van der Waals surface area (Å²) in [5, 5.41) is 9.23. The molecule has 0 aliphatic heterocycles. The van der Waals surface area contributed by atoms with Gasteiger partial charge in [-0.2, -0.15) is 0 Å². The van der Waals surface area contributed by atoms with Gasteiger partial charge in [-0.3, -0.25) is 5.32 Å². The second kappa shape index (κ2) is 7.64. The summed E-state index contributed by atoms with van der Waals surface area (Å²) in [5.74, 6) is 0. The highest BCUT2D eigenvalue weighted by atomic mass is 35.5.